The van der Waals surface area contributed by atoms with Crippen LogP contribution in [0.3, 0.4) is 0 Å². The molecule has 0 radical (unpaired) electrons. The molecule has 4 saturated carbocycles. The summed E-state index contributed by atoms with van der Waals surface area (Å²) in [5.74, 6) is -110. The monoisotopic (exact) mass is 1600 g/mol. The summed E-state index contributed by atoms with van der Waals surface area (Å²) < 4.78 is 592. The third kappa shape index (κ3) is 16.8. The lowest BCUT2D eigenvalue weighted by Crippen LogP contribution is -2.83. The highest BCUT2D eigenvalue weighted by atomic mass is 19.5. The van der Waals surface area contributed by atoms with Crippen molar-refractivity contribution in [1.29, 1.82) is 0 Å². The molecular formula is C55H65F45O. The van der Waals surface area contributed by atoms with Gasteiger partial charge in [-0.2, -0.15) is 176 Å². The zero-order chi connectivity index (χ0) is 81.2. The Morgan fingerprint density at radius 2 is 0.713 bits per heavy atom. The number of rotatable bonds is 15. The molecule has 9 atom stereocenters. The Labute approximate surface area is 544 Å². The van der Waals surface area contributed by atoms with Crippen LogP contribution in [0.5, 0.6) is 0 Å². The van der Waals surface area contributed by atoms with Gasteiger partial charge in [0.25, 0.3) is 0 Å². The number of ether oxygens (including phenoxy) is 1. The van der Waals surface area contributed by atoms with E-state index in [-0.39, 0.29) is 71.3 Å². The Hall–Kier alpha value is -3.19. The highest BCUT2D eigenvalue weighted by Gasteiger charge is 2.99. The van der Waals surface area contributed by atoms with Crippen molar-refractivity contribution in [1.82, 2.24) is 0 Å². The summed E-state index contributed by atoms with van der Waals surface area (Å²) in [6, 6.07) is 0. The van der Waals surface area contributed by atoms with Gasteiger partial charge in [0, 0.05) is 44.3 Å². The Kier molecular flexibility index (Phi) is 28.2. The highest BCUT2D eigenvalue weighted by Crippen LogP contribution is 2.70. The molecule has 0 bridgehead atoms. The lowest BCUT2D eigenvalue weighted by molar-refractivity contribution is -0.462. The van der Waals surface area contributed by atoms with Crippen LogP contribution in [0.25, 0.3) is 0 Å². The summed E-state index contributed by atoms with van der Waals surface area (Å²) in [4.78, 5) is 0. The molecule has 5 fully saturated rings. The Bertz CT molecular complexity index is 2550. The zero-order valence-electron chi connectivity index (χ0n) is 52.9. The summed E-state index contributed by atoms with van der Waals surface area (Å²) in [7, 11) is 0. The van der Waals surface area contributed by atoms with Gasteiger partial charge in [-0.3, -0.25) is 0 Å². The van der Waals surface area contributed by atoms with Gasteiger partial charge in [0.15, 0.2) is 0 Å². The molecule has 1 aliphatic heterocycles. The van der Waals surface area contributed by atoms with E-state index in [1.807, 2.05) is 0 Å². The maximum atomic E-state index is 13.9. The van der Waals surface area contributed by atoms with Crippen molar-refractivity contribution in [2.24, 2.45) is 53.3 Å². The maximum Gasteiger partial charge on any atom is 0.460 e. The molecule has 1 nitrogen and oxygen atoms in total. The van der Waals surface area contributed by atoms with Gasteiger partial charge < -0.3 is 4.74 Å². The normalized spacial score (nSPS) is 30.1. The van der Waals surface area contributed by atoms with Crippen molar-refractivity contribution in [3.63, 3.8) is 0 Å². The van der Waals surface area contributed by atoms with Crippen LogP contribution in [0.2, 0.25) is 0 Å². The van der Waals surface area contributed by atoms with Gasteiger partial charge in [0.2, 0.25) is 17.3 Å². The summed E-state index contributed by atoms with van der Waals surface area (Å²) in [6.07, 6.45) is -26.8. The predicted octanol–water partition coefficient (Wildman–Crippen LogP) is 25.1. The van der Waals surface area contributed by atoms with Crippen molar-refractivity contribution in [3.05, 3.63) is 0 Å². The van der Waals surface area contributed by atoms with Crippen LogP contribution < -0.4 is 0 Å². The fraction of sp³-hybridized carbons (Fsp3) is 1.00. The third-order valence-electron chi connectivity index (χ3n) is 18.7. The first-order valence-electron chi connectivity index (χ1n) is 29.6. The van der Waals surface area contributed by atoms with Crippen LogP contribution in [0, 0.1) is 53.3 Å². The third-order valence-corrected chi connectivity index (χ3v) is 18.7. The highest BCUT2D eigenvalue weighted by molar-refractivity contribution is 5.28. The first-order chi connectivity index (χ1) is 44.0. The number of hydrogen-bond acceptors (Lipinski definition) is 1. The van der Waals surface area contributed by atoms with Crippen molar-refractivity contribution >= 4 is 0 Å². The lowest BCUT2D eigenvalue weighted by Gasteiger charge is -2.54. The van der Waals surface area contributed by atoms with Crippen LogP contribution in [0.4, 0.5) is 198 Å². The standard InChI is InChI=1S/C15H13F17O.C11H16F6.C10H13F7.C10H15F5.C9H8F10/c1-2-6-4-33-5-7(6)3-8(16,17)9(18,19)10(20,21)11(22,23)12(24,25)13(26,27)14(28,29)15(30,31)32;1-7-5-3-4-6-8(7)10(14,15)11(16,17)9(2,12)13;1-6-4-2-3-5-7(6)8(11,9(12,13)14)10(15,16)17;1-6-3-7(9(2,11)12)5-8(4-6)10(13,14)15;1-3-5(11)8(16,17)6(12,13)4(2,10)7(14,15)9(5,18)19/h6-7H,2-5H2,1H3;7-8H,3-6H2,1-2H3;6-7H,2-5H2,1H3;6-8H,3-5H2,1-2H3;3H2,1-2H3. The van der Waals surface area contributed by atoms with Crippen LogP contribution in [0.1, 0.15) is 145 Å². The first-order valence-corrected chi connectivity index (χ1v) is 29.6. The van der Waals surface area contributed by atoms with Gasteiger partial charge in [0.1, 0.15) is 0 Å². The van der Waals surface area contributed by atoms with E-state index in [0.29, 0.717) is 32.6 Å². The van der Waals surface area contributed by atoms with E-state index in [2.05, 4.69) is 4.74 Å². The van der Waals surface area contributed by atoms with E-state index in [0.717, 1.165) is 0 Å². The molecule has 0 aromatic heterocycles. The minimum Gasteiger partial charge on any atom is -0.381 e. The zero-order valence-corrected chi connectivity index (χ0v) is 52.9. The van der Waals surface area contributed by atoms with Gasteiger partial charge in [0.05, 0.1) is 5.92 Å². The molecule has 1 heterocycles. The molecule has 0 aromatic carbocycles. The van der Waals surface area contributed by atoms with Gasteiger partial charge >= 0.3 is 113 Å². The van der Waals surface area contributed by atoms with Crippen LogP contribution in [-0.4, -0.2) is 144 Å². The molecule has 0 aromatic rings. The average Bonchev–Trinajstić information content (AvgIpc) is 0.726. The molecule has 46 heteroatoms. The van der Waals surface area contributed by atoms with E-state index in [4.69, 9.17) is 0 Å². The van der Waals surface area contributed by atoms with Crippen molar-refractivity contribution in [2.75, 3.05) is 13.2 Å². The van der Waals surface area contributed by atoms with Crippen LogP contribution in [-0.2, 0) is 4.74 Å². The summed E-state index contributed by atoms with van der Waals surface area (Å²) >= 11 is 0. The molecule has 101 heavy (non-hydrogen) atoms. The molecule has 9 unspecified atom stereocenters. The molecule has 0 spiro atoms. The maximum absolute atomic E-state index is 13.9. The number of alkyl halides is 45. The van der Waals surface area contributed by atoms with E-state index in [1.165, 1.54) is 20.8 Å². The molecule has 0 amide bonds. The Morgan fingerprint density at radius 1 is 0.376 bits per heavy atom. The fourth-order valence-corrected chi connectivity index (χ4v) is 12.1. The quantitative estimate of drug-likeness (QED) is 0.149. The number of halogens is 45. The predicted molar refractivity (Wildman–Crippen MR) is 262 cm³/mol. The van der Waals surface area contributed by atoms with E-state index in [9.17, 15) is 198 Å². The lowest BCUT2D eigenvalue weighted by atomic mass is 9.67. The molecule has 0 N–H and O–H groups in total. The van der Waals surface area contributed by atoms with Gasteiger partial charge in [-0.25, -0.2) is 22.0 Å². The van der Waals surface area contributed by atoms with Crippen molar-refractivity contribution in [3.8, 4) is 0 Å². The molecule has 1 saturated heterocycles. The van der Waals surface area contributed by atoms with Crippen LogP contribution >= 0.6 is 0 Å². The second-order valence-corrected chi connectivity index (χ2v) is 26.0. The van der Waals surface area contributed by atoms with Crippen molar-refractivity contribution in [2.45, 2.75) is 276 Å². The van der Waals surface area contributed by atoms with Crippen LogP contribution in [0.15, 0.2) is 0 Å². The second kappa shape index (κ2) is 29.8. The molecule has 5 aliphatic rings. The van der Waals surface area contributed by atoms with Gasteiger partial charge in [-0.1, -0.05) is 79.6 Å². The smallest absolute Gasteiger partial charge is 0.381 e. The number of hydrogen-bond donors (Lipinski definition) is 0. The molecule has 4 aliphatic carbocycles. The summed E-state index contributed by atoms with van der Waals surface area (Å²) in [5, 5.41) is 0. The first kappa shape index (κ1) is 95.8. The van der Waals surface area contributed by atoms with Crippen molar-refractivity contribution < 1.29 is 202 Å². The Morgan fingerprint density at radius 3 is 1.03 bits per heavy atom. The molecule has 606 valence electrons. The fourth-order valence-electron chi connectivity index (χ4n) is 12.1. The largest absolute Gasteiger partial charge is 0.460 e. The van der Waals surface area contributed by atoms with Gasteiger partial charge in [-0.05, 0) is 82.0 Å². The minimum absolute atomic E-state index is 0.0178. The Balaban J connectivity index is 0.000000655. The van der Waals surface area contributed by atoms with E-state index in [1.54, 1.807) is 6.92 Å². The molecule has 5 rings (SSSR count). The van der Waals surface area contributed by atoms with Gasteiger partial charge in [-0.15, -0.1) is 0 Å². The summed E-state index contributed by atoms with van der Waals surface area (Å²) in [5.41, 5.74) is -16.3. The summed E-state index contributed by atoms with van der Waals surface area (Å²) in [6.45, 7) is 4.41. The van der Waals surface area contributed by atoms with E-state index < -0.39 is 211 Å². The SMILES string of the molecule is CC1CC(C(C)(F)F)CC(C(F)(F)F)C1.CC1CCCCC1C(F)(C(F)(F)F)C(F)(F)F.CC1CCCCC1C(F)(F)C(F)(F)C(C)(F)F.CCC1(F)C(F)(F)C(F)(F)C(C)(F)C(F)(F)C1(F)F.CCC1COCC1CC(F)(F)C(F)(F)C(F)(F)C(F)(F)C(F)(F)C(F)(F)C(F)(F)C(F)(F)F. The van der Waals surface area contributed by atoms with E-state index >= 15 is 0 Å². The topological polar surface area (TPSA) is 9.23 Å². The average molecular weight is 1600 g/mol. The molecular weight excluding hydrogens is 1530 g/mol. The second-order valence-electron chi connectivity index (χ2n) is 26.0. The minimum atomic E-state index is -8.59.